The average molecular weight is 308 g/mol. The summed E-state index contributed by atoms with van der Waals surface area (Å²) in [6, 6.07) is 13.9. The minimum absolute atomic E-state index is 0. The number of hydrogen-bond acceptors (Lipinski definition) is 4. The summed E-state index contributed by atoms with van der Waals surface area (Å²) in [5.74, 6) is 2.52. The van der Waals surface area contributed by atoms with Crippen molar-refractivity contribution >= 4 is 18.1 Å². The Bertz CT molecular complexity index is 587. The van der Waals surface area contributed by atoms with Crippen LogP contribution < -0.4 is 19.5 Å². The van der Waals surface area contributed by atoms with E-state index in [1.54, 1.807) is 0 Å². The lowest BCUT2D eigenvalue weighted by Crippen LogP contribution is -1.99. The molecule has 1 aliphatic rings. The molecule has 0 saturated carbocycles. The van der Waals surface area contributed by atoms with E-state index >= 15 is 0 Å². The van der Waals surface area contributed by atoms with Gasteiger partial charge >= 0.3 is 0 Å². The van der Waals surface area contributed by atoms with Gasteiger partial charge in [0.1, 0.15) is 5.75 Å². The zero-order valence-corrected chi connectivity index (χ0v) is 12.6. The van der Waals surface area contributed by atoms with Crippen LogP contribution >= 0.6 is 12.4 Å². The highest BCUT2D eigenvalue weighted by atomic mass is 35.5. The number of rotatable bonds is 5. The minimum Gasteiger partial charge on any atom is -0.494 e. The van der Waals surface area contributed by atoms with Crippen molar-refractivity contribution in [2.45, 2.75) is 13.5 Å². The lowest BCUT2D eigenvalue weighted by Gasteiger charge is -2.08. The topological polar surface area (TPSA) is 39.7 Å². The van der Waals surface area contributed by atoms with Crippen LogP contribution in [0.4, 0.5) is 5.69 Å². The van der Waals surface area contributed by atoms with E-state index in [9.17, 15) is 0 Å². The fourth-order valence-corrected chi connectivity index (χ4v) is 2.09. The van der Waals surface area contributed by atoms with Crippen LogP contribution in [0.15, 0.2) is 42.5 Å². The van der Waals surface area contributed by atoms with E-state index in [0.717, 1.165) is 35.0 Å². The van der Waals surface area contributed by atoms with Crippen LogP contribution in [0.3, 0.4) is 0 Å². The Morgan fingerprint density at radius 3 is 2.57 bits per heavy atom. The van der Waals surface area contributed by atoms with Gasteiger partial charge in [0.15, 0.2) is 11.5 Å². The molecule has 0 radical (unpaired) electrons. The fourth-order valence-electron chi connectivity index (χ4n) is 2.09. The Kier molecular flexibility index (Phi) is 5.17. The number of nitrogens with one attached hydrogen (secondary N) is 1. The van der Waals surface area contributed by atoms with Gasteiger partial charge in [-0.15, -0.1) is 12.4 Å². The molecule has 0 amide bonds. The molecule has 1 N–H and O–H groups in total. The molecule has 0 aliphatic carbocycles. The summed E-state index contributed by atoms with van der Waals surface area (Å²) in [5, 5.41) is 3.37. The molecule has 5 heteroatoms. The summed E-state index contributed by atoms with van der Waals surface area (Å²) >= 11 is 0. The summed E-state index contributed by atoms with van der Waals surface area (Å²) in [4.78, 5) is 0. The lowest BCUT2D eigenvalue weighted by molar-refractivity contribution is 0.174. The normalized spacial score (nSPS) is 11.7. The Labute approximate surface area is 130 Å². The largest absolute Gasteiger partial charge is 0.494 e. The summed E-state index contributed by atoms with van der Waals surface area (Å²) < 4.78 is 16.1. The van der Waals surface area contributed by atoms with E-state index in [0.29, 0.717) is 13.4 Å². The van der Waals surface area contributed by atoms with Crippen LogP contribution in [0.25, 0.3) is 0 Å². The summed E-state index contributed by atoms with van der Waals surface area (Å²) in [6.07, 6.45) is 0. The molecule has 0 saturated heterocycles. The van der Waals surface area contributed by atoms with Crippen molar-refractivity contribution in [1.82, 2.24) is 0 Å². The molecule has 4 nitrogen and oxygen atoms in total. The first kappa shape index (κ1) is 15.3. The van der Waals surface area contributed by atoms with Crippen molar-refractivity contribution in [1.29, 1.82) is 0 Å². The second-order valence-corrected chi connectivity index (χ2v) is 4.50. The van der Waals surface area contributed by atoms with E-state index < -0.39 is 0 Å². The van der Waals surface area contributed by atoms with Gasteiger partial charge in [0, 0.05) is 12.2 Å². The first-order chi connectivity index (χ1) is 9.85. The molecule has 112 valence electrons. The van der Waals surface area contributed by atoms with Crippen molar-refractivity contribution in [2.75, 3.05) is 18.7 Å². The van der Waals surface area contributed by atoms with E-state index in [4.69, 9.17) is 14.2 Å². The van der Waals surface area contributed by atoms with Gasteiger partial charge in [0.05, 0.1) is 6.61 Å². The van der Waals surface area contributed by atoms with Gasteiger partial charge in [-0.2, -0.15) is 0 Å². The first-order valence-corrected chi connectivity index (χ1v) is 6.70. The third kappa shape index (κ3) is 3.73. The van der Waals surface area contributed by atoms with E-state index in [-0.39, 0.29) is 12.4 Å². The monoisotopic (exact) mass is 307 g/mol. The third-order valence-electron chi connectivity index (χ3n) is 3.10. The SMILES string of the molecule is CCOc1ccc(NCc2ccc3c(c2)OCO3)cc1.Cl. The zero-order valence-electron chi connectivity index (χ0n) is 11.8. The molecule has 0 aromatic heterocycles. The maximum absolute atomic E-state index is 5.42. The van der Waals surface area contributed by atoms with Crippen molar-refractivity contribution < 1.29 is 14.2 Å². The number of fused-ring (bicyclic) bond motifs is 1. The van der Waals surface area contributed by atoms with Gasteiger partial charge in [0.25, 0.3) is 0 Å². The third-order valence-corrected chi connectivity index (χ3v) is 3.10. The molecular weight excluding hydrogens is 290 g/mol. The van der Waals surface area contributed by atoms with E-state index in [1.807, 2.05) is 49.4 Å². The van der Waals surface area contributed by atoms with Crippen molar-refractivity contribution in [3.05, 3.63) is 48.0 Å². The van der Waals surface area contributed by atoms with Crippen LogP contribution in [0, 0.1) is 0 Å². The van der Waals surface area contributed by atoms with E-state index in [1.165, 1.54) is 0 Å². The Morgan fingerprint density at radius 2 is 1.81 bits per heavy atom. The molecule has 1 heterocycles. The molecule has 0 atom stereocenters. The highest BCUT2D eigenvalue weighted by Gasteiger charge is 2.12. The number of benzene rings is 2. The quantitative estimate of drug-likeness (QED) is 0.911. The highest BCUT2D eigenvalue weighted by molar-refractivity contribution is 5.85. The maximum Gasteiger partial charge on any atom is 0.231 e. The van der Waals surface area contributed by atoms with Crippen LogP contribution in [-0.2, 0) is 6.54 Å². The van der Waals surface area contributed by atoms with Gasteiger partial charge in [-0.25, -0.2) is 0 Å². The number of halogens is 1. The molecule has 0 spiro atoms. The molecular formula is C16H18ClNO3. The number of hydrogen-bond donors (Lipinski definition) is 1. The molecule has 0 unspecified atom stereocenters. The predicted molar refractivity (Wildman–Crippen MR) is 84.8 cm³/mol. The van der Waals surface area contributed by atoms with Gasteiger partial charge in [-0.05, 0) is 48.9 Å². The molecule has 21 heavy (non-hydrogen) atoms. The van der Waals surface area contributed by atoms with Crippen LogP contribution in [-0.4, -0.2) is 13.4 Å². The van der Waals surface area contributed by atoms with Gasteiger partial charge in [-0.3, -0.25) is 0 Å². The summed E-state index contributed by atoms with van der Waals surface area (Å²) in [6.45, 7) is 3.71. The second kappa shape index (κ2) is 7.09. The zero-order chi connectivity index (χ0) is 13.8. The summed E-state index contributed by atoms with van der Waals surface area (Å²) in [5.41, 5.74) is 2.22. The Balaban J connectivity index is 0.00000161. The summed E-state index contributed by atoms with van der Waals surface area (Å²) in [7, 11) is 0. The van der Waals surface area contributed by atoms with Crippen LogP contribution in [0.2, 0.25) is 0 Å². The lowest BCUT2D eigenvalue weighted by atomic mass is 10.2. The molecule has 1 aliphatic heterocycles. The van der Waals surface area contributed by atoms with Crippen molar-refractivity contribution in [3.8, 4) is 17.2 Å². The van der Waals surface area contributed by atoms with Gasteiger partial charge < -0.3 is 19.5 Å². The van der Waals surface area contributed by atoms with Gasteiger partial charge in [-0.1, -0.05) is 6.07 Å². The standard InChI is InChI=1S/C16H17NO3.ClH/c1-2-18-14-6-4-13(5-7-14)17-10-12-3-8-15-16(9-12)20-11-19-15;/h3-9,17H,2,10-11H2,1H3;1H. The number of anilines is 1. The second-order valence-electron chi connectivity index (χ2n) is 4.50. The van der Waals surface area contributed by atoms with Gasteiger partial charge in [0.2, 0.25) is 6.79 Å². The molecule has 0 bridgehead atoms. The molecule has 3 rings (SSSR count). The Morgan fingerprint density at radius 1 is 1.05 bits per heavy atom. The maximum atomic E-state index is 5.42. The molecule has 0 fully saturated rings. The highest BCUT2D eigenvalue weighted by Crippen LogP contribution is 2.32. The van der Waals surface area contributed by atoms with Crippen molar-refractivity contribution in [3.63, 3.8) is 0 Å². The van der Waals surface area contributed by atoms with Crippen LogP contribution in [0.5, 0.6) is 17.2 Å². The van der Waals surface area contributed by atoms with Crippen LogP contribution in [0.1, 0.15) is 12.5 Å². The van der Waals surface area contributed by atoms with E-state index in [2.05, 4.69) is 5.32 Å². The molecule has 2 aromatic rings. The first-order valence-electron chi connectivity index (χ1n) is 6.70. The minimum atomic E-state index is 0. The average Bonchev–Trinajstić information content (AvgIpc) is 2.94. The number of ether oxygens (including phenoxy) is 3. The van der Waals surface area contributed by atoms with Crippen molar-refractivity contribution in [2.24, 2.45) is 0 Å². The predicted octanol–water partition coefficient (Wildman–Crippen LogP) is 3.85. The fraction of sp³-hybridized carbons (Fsp3) is 0.250. The smallest absolute Gasteiger partial charge is 0.231 e. The Hall–Kier alpha value is -2.07. The molecule has 2 aromatic carbocycles.